The van der Waals surface area contributed by atoms with Crippen molar-refractivity contribution in [3.05, 3.63) is 63.9 Å². The van der Waals surface area contributed by atoms with E-state index in [1.165, 1.54) is 17.3 Å². The van der Waals surface area contributed by atoms with Gasteiger partial charge in [-0.15, -0.1) is 0 Å². The van der Waals surface area contributed by atoms with Gasteiger partial charge in [-0.1, -0.05) is 36.4 Å². The number of carbonyl (C=O) groups excluding carboxylic acids is 1. The van der Waals surface area contributed by atoms with Crippen LogP contribution in [-0.2, 0) is 4.79 Å². The van der Waals surface area contributed by atoms with Crippen LogP contribution >= 0.6 is 11.8 Å². The fourth-order valence-corrected chi connectivity index (χ4v) is 4.72. The number of hydrogen-bond donors (Lipinski definition) is 0. The van der Waals surface area contributed by atoms with Crippen LogP contribution in [0.5, 0.6) is 0 Å². The van der Waals surface area contributed by atoms with Crippen LogP contribution < -0.4 is 5.56 Å². The summed E-state index contributed by atoms with van der Waals surface area (Å²) < 4.78 is 1.67. The third-order valence-corrected chi connectivity index (χ3v) is 6.51. The summed E-state index contributed by atoms with van der Waals surface area (Å²) in [5.74, 6) is 0.264. The highest BCUT2D eigenvalue weighted by atomic mass is 32.2. The number of ketones is 1. The number of aryl methyl sites for hydroxylation is 2. The molecular weight excluding hydrogens is 356 g/mol. The smallest absolute Gasteiger partial charge is 0.266 e. The van der Waals surface area contributed by atoms with Crippen molar-refractivity contribution in [2.24, 2.45) is 0 Å². The monoisotopic (exact) mass is 378 g/mol. The Balaban J connectivity index is 1.91. The minimum Gasteiger partial charge on any atom is -0.298 e. The molecule has 27 heavy (non-hydrogen) atoms. The zero-order valence-corrected chi connectivity index (χ0v) is 16.4. The standard InChI is InChI=1S/C22H22N2O2S/c1-14-11-12-16(13-15(14)2)24-21(26)17-7-3-4-8-18(17)23-22(24)27-20-10-6-5-9-19(20)25/h3-4,7-8,11-13,20H,5-6,9-10H2,1-2H3/t20-/m1/s1. The van der Waals surface area contributed by atoms with Crippen molar-refractivity contribution < 1.29 is 4.79 Å². The van der Waals surface area contributed by atoms with Crippen molar-refractivity contribution in [2.45, 2.75) is 49.9 Å². The fraction of sp³-hybridized carbons (Fsp3) is 0.318. The number of thioether (sulfide) groups is 1. The van der Waals surface area contributed by atoms with Crippen LogP contribution in [0, 0.1) is 13.8 Å². The molecule has 0 aliphatic heterocycles. The Morgan fingerprint density at radius 2 is 1.85 bits per heavy atom. The highest BCUT2D eigenvalue weighted by Crippen LogP contribution is 2.32. The van der Waals surface area contributed by atoms with Gasteiger partial charge in [0.05, 0.1) is 21.8 Å². The lowest BCUT2D eigenvalue weighted by atomic mass is 9.99. The number of carbonyl (C=O) groups is 1. The minimum atomic E-state index is -0.121. The van der Waals surface area contributed by atoms with Crippen LogP contribution in [0.3, 0.4) is 0 Å². The largest absolute Gasteiger partial charge is 0.298 e. The maximum Gasteiger partial charge on any atom is 0.266 e. The topological polar surface area (TPSA) is 52.0 Å². The van der Waals surface area contributed by atoms with Gasteiger partial charge in [-0.2, -0.15) is 0 Å². The normalized spacial score (nSPS) is 17.4. The summed E-state index contributed by atoms with van der Waals surface area (Å²) in [4.78, 5) is 30.4. The van der Waals surface area contributed by atoms with Gasteiger partial charge in [0.2, 0.25) is 0 Å². The molecule has 0 amide bonds. The second kappa shape index (κ2) is 7.31. The molecule has 0 saturated heterocycles. The number of para-hydroxylation sites is 1. The molecule has 1 saturated carbocycles. The van der Waals surface area contributed by atoms with Crippen LogP contribution in [0.15, 0.2) is 52.4 Å². The Labute approximate surface area is 162 Å². The second-order valence-electron chi connectivity index (χ2n) is 7.14. The van der Waals surface area contributed by atoms with Gasteiger partial charge in [-0.3, -0.25) is 14.2 Å². The average molecular weight is 378 g/mol. The molecule has 4 rings (SSSR count). The van der Waals surface area contributed by atoms with Gasteiger partial charge >= 0.3 is 0 Å². The lowest BCUT2D eigenvalue weighted by Gasteiger charge is -2.21. The number of nitrogens with zero attached hydrogens (tertiary/aromatic N) is 2. The molecule has 3 aromatic rings. The Bertz CT molecular complexity index is 1090. The number of rotatable bonds is 3. The zero-order chi connectivity index (χ0) is 19.0. The minimum absolute atomic E-state index is 0.0883. The number of benzene rings is 2. The predicted molar refractivity (Wildman–Crippen MR) is 110 cm³/mol. The third-order valence-electron chi connectivity index (χ3n) is 5.24. The number of Topliss-reactive ketones (excluding diaryl/α,β-unsaturated/α-hetero) is 1. The third kappa shape index (κ3) is 3.44. The fourth-order valence-electron chi connectivity index (χ4n) is 3.49. The maximum atomic E-state index is 13.3. The molecule has 4 nitrogen and oxygen atoms in total. The van der Waals surface area contributed by atoms with Gasteiger partial charge in [0.25, 0.3) is 5.56 Å². The van der Waals surface area contributed by atoms with E-state index in [0.29, 0.717) is 22.5 Å². The van der Waals surface area contributed by atoms with Crippen molar-refractivity contribution in [3.8, 4) is 5.69 Å². The zero-order valence-electron chi connectivity index (χ0n) is 15.6. The first-order valence-electron chi connectivity index (χ1n) is 9.33. The van der Waals surface area contributed by atoms with Crippen molar-refractivity contribution in [2.75, 3.05) is 0 Å². The lowest BCUT2D eigenvalue weighted by molar-refractivity contribution is -0.119. The van der Waals surface area contributed by atoms with Crippen molar-refractivity contribution in [1.29, 1.82) is 0 Å². The van der Waals surface area contributed by atoms with E-state index in [2.05, 4.69) is 6.92 Å². The van der Waals surface area contributed by atoms with Crippen LogP contribution in [0.2, 0.25) is 0 Å². The molecule has 1 atom stereocenters. The molecule has 2 aromatic carbocycles. The van der Waals surface area contributed by atoms with E-state index in [1.807, 2.05) is 49.4 Å². The molecule has 0 spiro atoms. The molecule has 1 aromatic heterocycles. The number of aromatic nitrogens is 2. The Hall–Kier alpha value is -2.40. The quantitative estimate of drug-likeness (QED) is 0.625. The molecular formula is C22H22N2O2S. The predicted octanol–water partition coefficient (Wildman–Crippen LogP) is 4.61. The molecule has 0 N–H and O–H groups in total. The Morgan fingerprint density at radius 1 is 1.04 bits per heavy atom. The molecule has 0 unspecified atom stereocenters. The van der Waals surface area contributed by atoms with E-state index < -0.39 is 0 Å². The SMILES string of the molecule is Cc1ccc(-n2c(S[C@@H]3CCCCC3=O)nc3ccccc3c2=O)cc1C. The van der Waals surface area contributed by atoms with Crippen molar-refractivity contribution in [1.82, 2.24) is 9.55 Å². The summed E-state index contributed by atoms with van der Waals surface area (Å²) in [5.41, 5.74) is 3.68. The summed E-state index contributed by atoms with van der Waals surface area (Å²) in [6, 6.07) is 13.4. The maximum absolute atomic E-state index is 13.3. The van der Waals surface area contributed by atoms with Gasteiger partial charge in [0.1, 0.15) is 5.78 Å². The van der Waals surface area contributed by atoms with E-state index in [4.69, 9.17) is 4.98 Å². The molecule has 0 bridgehead atoms. The summed E-state index contributed by atoms with van der Waals surface area (Å²) >= 11 is 1.44. The summed E-state index contributed by atoms with van der Waals surface area (Å²) in [6.07, 6.45) is 3.48. The molecule has 138 valence electrons. The molecule has 1 fully saturated rings. The highest BCUT2D eigenvalue weighted by Gasteiger charge is 2.26. The van der Waals surface area contributed by atoms with E-state index in [9.17, 15) is 9.59 Å². The van der Waals surface area contributed by atoms with Crippen LogP contribution in [0.1, 0.15) is 36.8 Å². The summed E-state index contributed by atoms with van der Waals surface area (Å²) in [5, 5.41) is 1.07. The first kappa shape index (κ1) is 18.0. The molecule has 1 heterocycles. The van der Waals surface area contributed by atoms with Crippen molar-refractivity contribution >= 4 is 28.4 Å². The summed E-state index contributed by atoms with van der Waals surface area (Å²) in [7, 11) is 0. The number of fused-ring (bicyclic) bond motifs is 1. The molecule has 5 heteroatoms. The van der Waals surface area contributed by atoms with Gasteiger partial charge in [-0.05, 0) is 62.1 Å². The molecule has 1 aliphatic rings. The van der Waals surface area contributed by atoms with E-state index in [1.54, 1.807) is 4.57 Å². The van der Waals surface area contributed by atoms with Crippen LogP contribution in [0.4, 0.5) is 0 Å². The van der Waals surface area contributed by atoms with Crippen LogP contribution in [0.25, 0.3) is 16.6 Å². The Kier molecular flexibility index (Phi) is 4.87. The first-order valence-corrected chi connectivity index (χ1v) is 10.2. The van der Waals surface area contributed by atoms with E-state index in [-0.39, 0.29) is 16.6 Å². The summed E-state index contributed by atoms with van der Waals surface area (Å²) in [6.45, 7) is 4.09. The van der Waals surface area contributed by atoms with Crippen LogP contribution in [-0.4, -0.2) is 20.6 Å². The van der Waals surface area contributed by atoms with Gasteiger partial charge in [-0.25, -0.2) is 4.98 Å². The van der Waals surface area contributed by atoms with Gasteiger partial charge < -0.3 is 0 Å². The highest BCUT2D eigenvalue weighted by molar-refractivity contribution is 8.00. The molecule has 1 aliphatic carbocycles. The first-order chi connectivity index (χ1) is 13.0. The van der Waals surface area contributed by atoms with Gasteiger partial charge in [0.15, 0.2) is 5.16 Å². The van der Waals surface area contributed by atoms with E-state index in [0.717, 1.165) is 30.5 Å². The lowest BCUT2D eigenvalue weighted by Crippen LogP contribution is -2.26. The van der Waals surface area contributed by atoms with Crippen molar-refractivity contribution in [3.63, 3.8) is 0 Å². The Morgan fingerprint density at radius 3 is 2.63 bits per heavy atom. The second-order valence-corrected chi connectivity index (χ2v) is 8.31. The van der Waals surface area contributed by atoms with Gasteiger partial charge in [0, 0.05) is 6.42 Å². The number of hydrogen-bond acceptors (Lipinski definition) is 4. The average Bonchev–Trinajstić information content (AvgIpc) is 2.66. The molecule has 0 radical (unpaired) electrons. The van der Waals surface area contributed by atoms with E-state index >= 15 is 0 Å².